The number of anilines is 3. The van der Waals surface area contributed by atoms with Crippen LogP contribution in [0.3, 0.4) is 0 Å². The molecule has 5 aromatic rings. The first-order chi connectivity index (χ1) is 13.9. The first-order valence-corrected chi connectivity index (χ1v) is 9.76. The molecule has 28 heavy (non-hydrogen) atoms. The molecular weight excluding hydrogens is 338 g/mol. The van der Waals surface area contributed by atoms with Crippen LogP contribution in [0.25, 0.3) is 21.5 Å². The van der Waals surface area contributed by atoms with Crippen LogP contribution < -0.4 is 4.90 Å². The summed E-state index contributed by atoms with van der Waals surface area (Å²) in [6.07, 6.45) is 0.978. The summed E-state index contributed by atoms with van der Waals surface area (Å²) in [6, 6.07) is 37.4. The summed E-state index contributed by atoms with van der Waals surface area (Å²) in [7, 11) is 0. The van der Waals surface area contributed by atoms with Gasteiger partial charge < -0.3 is 4.90 Å². The lowest BCUT2D eigenvalue weighted by molar-refractivity contribution is 1.09. The summed E-state index contributed by atoms with van der Waals surface area (Å²) in [4.78, 5) is 2.47. The number of hydrogen-bond donors (Lipinski definition) is 0. The highest BCUT2D eigenvalue weighted by Gasteiger charge is 2.26. The van der Waals surface area contributed by atoms with E-state index < -0.39 is 0 Å². The van der Waals surface area contributed by atoms with Crippen LogP contribution >= 0.6 is 0 Å². The molecule has 5 aromatic carbocycles. The van der Waals surface area contributed by atoms with Crippen LogP contribution in [-0.2, 0) is 6.42 Å². The molecule has 1 heterocycles. The van der Waals surface area contributed by atoms with Crippen molar-refractivity contribution in [1.82, 2.24) is 0 Å². The maximum absolute atomic E-state index is 2.47. The molecule has 0 N–H and O–H groups in total. The minimum absolute atomic E-state index is 0.978. The van der Waals surface area contributed by atoms with Crippen LogP contribution in [0.1, 0.15) is 11.1 Å². The van der Waals surface area contributed by atoms with Gasteiger partial charge in [-0.3, -0.25) is 0 Å². The van der Waals surface area contributed by atoms with E-state index in [1.54, 1.807) is 0 Å². The maximum Gasteiger partial charge on any atom is 0.0618 e. The first kappa shape index (κ1) is 15.5. The highest BCUT2D eigenvalue weighted by Crippen LogP contribution is 2.48. The number of rotatable bonds is 1. The Kier molecular flexibility index (Phi) is 3.30. The number of para-hydroxylation sites is 2. The monoisotopic (exact) mass is 357 g/mol. The Hall–Kier alpha value is -3.58. The van der Waals surface area contributed by atoms with Gasteiger partial charge in [-0.15, -0.1) is 0 Å². The standard InChI is InChI=1S/C27H19N/c1-5-13-23-19(9-1)17-20-10-2-6-14-24(20)27(23)28-25-15-7-3-11-21(25)18-22-12-4-8-16-26(22)28/h1-17H,18H2. The smallest absolute Gasteiger partial charge is 0.0618 e. The number of fused-ring (bicyclic) bond motifs is 4. The zero-order valence-corrected chi connectivity index (χ0v) is 15.5. The van der Waals surface area contributed by atoms with E-state index in [9.17, 15) is 0 Å². The molecule has 0 aliphatic carbocycles. The van der Waals surface area contributed by atoms with Crippen LogP contribution in [0.5, 0.6) is 0 Å². The molecule has 1 aliphatic heterocycles. The zero-order valence-electron chi connectivity index (χ0n) is 15.5. The first-order valence-electron chi connectivity index (χ1n) is 9.76. The van der Waals surface area contributed by atoms with E-state index in [4.69, 9.17) is 0 Å². The topological polar surface area (TPSA) is 3.24 Å². The molecule has 0 unspecified atom stereocenters. The van der Waals surface area contributed by atoms with E-state index >= 15 is 0 Å². The normalized spacial score (nSPS) is 12.8. The molecule has 0 fully saturated rings. The summed E-state index contributed by atoms with van der Waals surface area (Å²) in [5.41, 5.74) is 6.58. The molecule has 0 spiro atoms. The quantitative estimate of drug-likeness (QED) is 0.278. The maximum atomic E-state index is 2.47. The second kappa shape index (κ2) is 5.97. The molecule has 0 aromatic heterocycles. The average Bonchev–Trinajstić information content (AvgIpc) is 2.76. The Bertz CT molecular complexity index is 1250. The van der Waals surface area contributed by atoms with Crippen LogP contribution in [0.2, 0.25) is 0 Å². The summed E-state index contributed by atoms with van der Waals surface area (Å²) in [5, 5.41) is 5.12. The second-order valence-electron chi connectivity index (χ2n) is 7.44. The van der Waals surface area contributed by atoms with Crippen molar-refractivity contribution in [2.24, 2.45) is 0 Å². The lowest BCUT2D eigenvalue weighted by Gasteiger charge is -2.35. The van der Waals surface area contributed by atoms with E-state index in [0.717, 1.165) is 6.42 Å². The number of benzene rings is 5. The molecule has 0 saturated carbocycles. The van der Waals surface area contributed by atoms with Gasteiger partial charge >= 0.3 is 0 Å². The van der Waals surface area contributed by atoms with Crippen molar-refractivity contribution in [2.75, 3.05) is 4.90 Å². The van der Waals surface area contributed by atoms with Crippen molar-refractivity contribution >= 4 is 38.6 Å². The van der Waals surface area contributed by atoms with Gasteiger partial charge in [0, 0.05) is 28.6 Å². The fourth-order valence-corrected chi connectivity index (χ4v) is 4.56. The van der Waals surface area contributed by atoms with Gasteiger partial charge in [0.25, 0.3) is 0 Å². The molecule has 0 amide bonds. The Morgan fingerprint density at radius 1 is 0.500 bits per heavy atom. The molecule has 1 nitrogen and oxygen atoms in total. The minimum Gasteiger partial charge on any atom is -0.309 e. The van der Waals surface area contributed by atoms with Gasteiger partial charge in [-0.2, -0.15) is 0 Å². The van der Waals surface area contributed by atoms with Crippen molar-refractivity contribution in [1.29, 1.82) is 0 Å². The van der Waals surface area contributed by atoms with Crippen LogP contribution in [0.15, 0.2) is 103 Å². The number of hydrogen-bond acceptors (Lipinski definition) is 1. The summed E-state index contributed by atoms with van der Waals surface area (Å²) in [5.74, 6) is 0. The predicted molar refractivity (Wildman–Crippen MR) is 119 cm³/mol. The van der Waals surface area contributed by atoms with Gasteiger partial charge in [-0.05, 0) is 40.1 Å². The van der Waals surface area contributed by atoms with Gasteiger partial charge in [0.05, 0.1) is 5.69 Å². The molecule has 1 aliphatic rings. The molecule has 0 atom stereocenters. The van der Waals surface area contributed by atoms with Crippen molar-refractivity contribution in [2.45, 2.75) is 6.42 Å². The van der Waals surface area contributed by atoms with Crippen LogP contribution in [0, 0.1) is 0 Å². The minimum atomic E-state index is 0.978. The van der Waals surface area contributed by atoms with Crippen molar-refractivity contribution in [3.05, 3.63) is 114 Å². The van der Waals surface area contributed by atoms with Gasteiger partial charge in [0.1, 0.15) is 0 Å². The SMILES string of the molecule is c1ccc2c(c1)Cc1ccccc1N2c1c2ccccc2cc2ccccc12. The third kappa shape index (κ3) is 2.20. The third-order valence-electron chi connectivity index (χ3n) is 5.81. The van der Waals surface area contributed by atoms with E-state index in [-0.39, 0.29) is 0 Å². The lowest BCUT2D eigenvalue weighted by Crippen LogP contribution is -2.19. The highest BCUT2D eigenvalue weighted by atomic mass is 15.2. The van der Waals surface area contributed by atoms with E-state index in [1.807, 2.05) is 0 Å². The predicted octanol–water partition coefficient (Wildman–Crippen LogP) is 7.37. The Labute approximate surface area is 164 Å². The summed E-state index contributed by atoms with van der Waals surface area (Å²) in [6.45, 7) is 0. The second-order valence-corrected chi connectivity index (χ2v) is 7.44. The average molecular weight is 357 g/mol. The van der Waals surface area contributed by atoms with Crippen molar-refractivity contribution in [3.63, 3.8) is 0 Å². The van der Waals surface area contributed by atoms with Crippen molar-refractivity contribution in [3.8, 4) is 0 Å². The van der Waals surface area contributed by atoms with E-state index in [1.165, 1.54) is 49.7 Å². The third-order valence-corrected chi connectivity index (χ3v) is 5.81. The van der Waals surface area contributed by atoms with E-state index in [0.29, 0.717) is 0 Å². The molecule has 6 rings (SSSR count). The zero-order chi connectivity index (χ0) is 18.5. The fraction of sp³-hybridized carbons (Fsp3) is 0.0370. The molecular formula is C27H19N. The van der Waals surface area contributed by atoms with Gasteiger partial charge in [0.15, 0.2) is 0 Å². The summed E-state index contributed by atoms with van der Waals surface area (Å²) < 4.78 is 0. The van der Waals surface area contributed by atoms with Gasteiger partial charge in [-0.25, -0.2) is 0 Å². The van der Waals surface area contributed by atoms with Crippen molar-refractivity contribution < 1.29 is 0 Å². The molecule has 0 bridgehead atoms. The molecule has 1 heteroatoms. The largest absolute Gasteiger partial charge is 0.309 e. The lowest BCUT2D eigenvalue weighted by atomic mass is 9.92. The van der Waals surface area contributed by atoms with Crippen LogP contribution in [0.4, 0.5) is 17.1 Å². The highest BCUT2D eigenvalue weighted by molar-refractivity contribution is 6.14. The molecule has 0 saturated heterocycles. The van der Waals surface area contributed by atoms with Gasteiger partial charge in [-0.1, -0.05) is 84.9 Å². The van der Waals surface area contributed by atoms with E-state index in [2.05, 4.69) is 108 Å². The Morgan fingerprint density at radius 3 is 1.54 bits per heavy atom. The summed E-state index contributed by atoms with van der Waals surface area (Å²) >= 11 is 0. The van der Waals surface area contributed by atoms with Gasteiger partial charge in [0.2, 0.25) is 0 Å². The Morgan fingerprint density at radius 2 is 0.964 bits per heavy atom. The number of nitrogens with zero attached hydrogens (tertiary/aromatic N) is 1. The fourth-order valence-electron chi connectivity index (χ4n) is 4.56. The Balaban J connectivity index is 1.79. The molecule has 132 valence electrons. The molecule has 0 radical (unpaired) electrons. The van der Waals surface area contributed by atoms with Crippen LogP contribution in [-0.4, -0.2) is 0 Å².